The number of carbonyl (C=O) groups is 2. The first-order chi connectivity index (χ1) is 17.1. The summed E-state index contributed by atoms with van der Waals surface area (Å²) in [6.45, 7) is 5.89. The molecule has 3 N–H and O–H groups in total. The highest BCUT2D eigenvalue weighted by Crippen LogP contribution is 2.36. The number of fused-ring (bicyclic) bond motifs is 1. The van der Waals surface area contributed by atoms with Crippen LogP contribution in [0.4, 0.5) is 42.0 Å². The van der Waals surface area contributed by atoms with Crippen LogP contribution in [0.1, 0.15) is 23.6 Å². The molecule has 2 heterocycles. The fourth-order valence-electron chi connectivity index (χ4n) is 3.87. The second-order valence-electron chi connectivity index (χ2n) is 8.11. The highest BCUT2D eigenvalue weighted by atomic mass is 19.4. The van der Waals surface area contributed by atoms with Crippen LogP contribution in [0.2, 0.25) is 0 Å². The topological polar surface area (TPSA) is 99.2 Å². The first-order valence-corrected chi connectivity index (χ1v) is 11.0. The van der Waals surface area contributed by atoms with E-state index < -0.39 is 23.5 Å². The van der Waals surface area contributed by atoms with Crippen molar-refractivity contribution in [2.75, 3.05) is 22.5 Å². The highest BCUT2D eigenvalue weighted by Gasteiger charge is 2.35. The van der Waals surface area contributed by atoms with Gasteiger partial charge in [0.2, 0.25) is 17.8 Å². The molecule has 0 spiro atoms. The Balaban J connectivity index is 1.63. The monoisotopic (exact) mass is 496 g/mol. The minimum absolute atomic E-state index is 0.0195. The molecular weight excluding hydrogens is 473 g/mol. The standard InChI is InChI=1S/C25H23F3N6O2/c1-3-22(36)30-17-7-5-8-18(12-17)31-23-20(25(26,27)28)13-29-24(33-23)32-21-9-4-6-16-14-34(15(2)35)11-10-19(16)21/h3-9,12-13H,1,10-11,14H2,2H3,(H,30,36)(H2,29,31,32,33). The van der Waals surface area contributed by atoms with Gasteiger partial charge in [0, 0.05) is 43.3 Å². The third-order valence-corrected chi connectivity index (χ3v) is 5.63. The van der Waals surface area contributed by atoms with Crippen LogP contribution >= 0.6 is 0 Å². The first kappa shape index (κ1) is 24.7. The van der Waals surface area contributed by atoms with Crippen LogP contribution in [0, 0.1) is 0 Å². The molecule has 0 radical (unpaired) electrons. The van der Waals surface area contributed by atoms with E-state index in [2.05, 4.69) is 32.5 Å². The van der Waals surface area contributed by atoms with E-state index in [0.717, 1.165) is 17.2 Å². The lowest BCUT2D eigenvalue weighted by atomic mass is 9.97. The van der Waals surface area contributed by atoms with Gasteiger partial charge < -0.3 is 20.9 Å². The number of carbonyl (C=O) groups excluding carboxylic acids is 2. The van der Waals surface area contributed by atoms with Gasteiger partial charge in [0.05, 0.1) is 0 Å². The maximum absolute atomic E-state index is 13.7. The van der Waals surface area contributed by atoms with Crippen molar-refractivity contribution < 1.29 is 22.8 Å². The first-order valence-electron chi connectivity index (χ1n) is 11.0. The number of rotatable bonds is 6. The predicted molar refractivity (Wildman–Crippen MR) is 130 cm³/mol. The molecule has 1 aromatic heterocycles. The summed E-state index contributed by atoms with van der Waals surface area (Å²) in [5.74, 6) is -0.938. The van der Waals surface area contributed by atoms with Gasteiger partial charge in [0.15, 0.2) is 0 Å². The van der Waals surface area contributed by atoms with Crippen LogP contribution in [0.15, 0.2) is 61.3 Å². The van der Waals surface area contributed by atoms with Gasteiger partial charge in [0.1, 0.15) is 11.4 Å². The summed E-state index contributed by atoms with van der Waals surface area (Å²) in [6, 6.07) is 11.7. The molecule has 8 nitrogen and oxygen atoms in total. The molecule has 0 saturated heterocycles. The summed E-state index contributed by atoms with van der Waals surface area (Å²) < 4.78 is 41.1. The molecule has 36 heavy (non-hydrogen) atoms. The molecule has 0 atom stereocenters. The predicted octanol–water partition coefficient (Wildman–Crippen LogP) is 5.01. The van der Waals surface area contributed by atoms with Gasteiger partial charge in [-0.05, 0) is 47.9 Å². The number of aromatic nitrogens is 2. The minimum Gasteiger partial charge on any atom is -0.339 e. The zero-order valence-electron chi connectivity index (χ0n) is 19.3. The Kier molecular flexibility index (Phi) is 6.91. The SMILES string of the molecule is C=CC(=O)Nc1cccc(Nc2nc(Nc3cccc4c3CCN(C(C)=O)C4)ncc2C(F)(F)F)c1. The van der Waals surface area contributed by atoms with E-state index in [9.17, 15) is 22.8 Å². The molecule has 2 aromatic carbocycles. The number of nitrogens with zero attached hydrogens (tertiary/aromatic N) is 3. The molecule has 0 unspecified atom stereocenters. The average Bonchev–Trinajstić information content (AvgIpc) is 2.83. The van der Waals surface area contributed by atoms with Gasteiger partial charge in [-0.3, -0.25) is 9.59 Å². The van der Waals surface area contributed by atoms with Crippen LogP contribution in [0.3, 0.4) is 0 Å². The molecule has 0 saturated carbocycles. The number of hydrogen-bond acceptors (Lipinski definition) is 6. The summed E-state index contributed by atoms with van der Waals surface area (Å²) in [6.07, 6.45) is -2.30. The number of halogens is 3. The van der Waals surface area contributed by atoms with Gasteiger partial charge in [0.25, 0.3) is 0 Å². The van der Waals surface area contributed by atoms with Crippen molar-refractivity contribution in [3.8, 4) is 0 Å². The van der Waals surface area contributed by atoms with Crippen molar-refractivity contribution in [3.05, 3.63) is 78.0 Å². The van der Waals surface area contributed by atoms with Gasteiger partial charge in [-0.25, -0.2) is 4.98 Å². The molecule has 0 bridgehead atoms. The summed E-state index contributed by atoms with van der Waals surface area (Å²) >= 11 is 0. The molecule has 4 rings (SSSR count). The molecule has 3 aromatic rings. The van der Waals surface area contributed by atoms with E-state index in [4.69, 9.17) is 0 Å². The number of hydrogen-bond donors (Lipinski definition) is 3. The molecule has 2 amide bonds. The zero-order valence-corrected chi connectivity index (χ0v) is 19.3. The lowest BCUT2D eigenvalue weighted by Crippen LogP contribution is -2.34. The quantitative estimate of drug-likeness (QED) is 0.415. The van der Waals surface area contributed by atoms with Crippen LogP contribution in [0.5, 0.6) is 0 Å². The number of nitrogens with one attached hydrogen (secondary N) is 3. The Morgan fingerprint density at radius 2 is 1.86 bits per heavy atom. The Morgan fingerprint density at radius 1 is 1.11 bits per heavy atom. The van der Waals surface area contributed by atoms with Gasteiger partial charge in [-0.1, -0.05) is 24.8 Å². The van der Waals surface area contributed by atoms with Crippen LogP contribution in [-0.4, -0.2) is 33.2 Å². The van der Waals surface area contributed by atoms with E-state index in [1.165, 1.54) is 13.0 Å². The summed E-state index contributed by atoms with van der Waals surface area (Å²) in [7, 11) is 0. The Hall–Kier alpha value is -4.41. The largest absolute Gasteiger partial charge is 0.421 e. The second kappa shape index (κ2) is 10.1. The fraction of sp³-hybridized carbons (Fsp3) is 0.200. The number of benzene rings is 2. The van der Waals surface area contributed by atoms with E-state index >= 15 is 0 Å². The van der Waals surface area contributed by atoms with E-state index in [-0.39, 0.29) is 17.5 Å². The second-order valence-corrected chi connectivity index (χ2v) is 8.11. The highest BCUT2D eigenvalue weighted by molar-refractivity contribution is 5.99. The van der Waals surface area contributed by atoms with Crippen molar-refractivity contribution in [1.82, 2.24) is 14.9 Å². The molecule has 0 fully saturated rings. The van der Waals surface area contributed by atoms with Crippen molar-refractivity contribution in [1.29, 1.82) is 0 Å². The summed E-state index contributed by atoms with van der Waals surface area (Å²) in [5, 5.41) is 8.27. The van der Waals surface area contributed by atoms with Crippen molar-refractivity contribution in [2.45, 2.75) is 26.1 Å². The van der Waals surface area contributed by atoms with Gasteiger partial charge >= 0.3 is 6.18 Å². The van der Waals surface area contributed by atoms with Crippen LogP contribution in [0.25, 0.3) is 0 Å². The molecule has 0 aliphatic carbocycles. The lowest BCUT2D eigenvalue weighted by molar-refractivity contribution is -0.137. The molecule has 1 aliphatic heterocycles. The normalized spacial score (nSPS) is 12.9. The van der Waals surface area contributed by atoms with Crippen molar-refractivity contribution >= 4 is 40.6 Å². The Bertz CT molecular complexity index is 1330. The van der Waals surface area contributed by atoms with Gasteiger partial charge in [-0.2, -0.15) is 18.2 Å². The zero-order chi connectivity index (χ0) is 25.9. The third-order valence-electron chi connectivity index (χ3n) is 5.63. The number of anilines is 5. The van der Waals surface area contributed by atoms with Crippen LogP contribution in [-0.2, 0) is 28.7 Å². The van der Waals surface area contributed by atoms with E-state index in [0.29, 0.717) is 37.1 Å². The molecule has 186 valence electrons. The Labute approximate surface area is 205 Å². The Morgan fingerprint density at radius 3 is 2.58 bits per heavy atom. The maximum atomic E-state index is 13.7. The smallest absolute Gasteiger partial charge is 0.339 e. The maximum Gasteiger partial charge on any atom is 0.421 e. The lowest BCUT2D eigenvalue weighted by Gasteiger charge is -2.29. The number of alkyl halides is 3. The fourth-order valence-corrected chi connectivity index (χ4v) is 3.87. The van der Waals surface area contributed by atoms with Crippen molar-refractivity contribution in [3.63, 3.8) is 0 Å². The van der Waals surface area contributed by atoms with Crippen molar-refractivity contribution in [2.24, 2.45) is 0 Å². The van der Waals surface area contributed by atoms with E-state index in [1.54, 1.807) is 35.2 Å². The molecular formula is C25H23F3N6O2. The van der Waals surface area contributed by atoms with Crippen LogP contribution < -0.4 is 16.0 Å². The summed E-state index contributed by atoms with van der Waals surface area (Å²) in [4.78, 5) is 33.0. The average molecular weight is 496 g/mol. The summed E-state index contributed by atoms with van der Waals surface area (Å²) in [5.41, 5.74) is 2.19. The molecule has 11 heteroatoms. The van der Waals surface area contributed by atoms with Gasteiger partial charge in [-0.15, -0.1) is 0 Å². The minimum atomic E-state index is -4.70. The molecule has 1 aliphatic rings. The number of amides is 2. The van der Waals surface area contributed by atoms with E-state index in [1.807, 2.05) is 6.07 Å². The third kappa shape index (κ3) is 5.62.